The second kappa shape index (κ2) is 10.4. The molecule has 0 radical (unpaired) electrons. The third-order valence-corrected chi connectivity index (χ3v) is 6.01. The Morgan fingerprint density at radius 1 is 0.892 bits per heavy atom. The number of carbonyl (C=O) groups is 1. The molecular formula is C29H19Cl2NO5. The quantitative estimate of drug-likeness (QED) is 0.179. The van der Waals surface area contributed by atoms with Crippen molar-refractivity contribution in [1.29, 1.82) is 0 Å². The van der Waals surface area contributed by atoms with Crippen LogP contribution in [0.1, 0.15) is 5.76 Å². The van der Waals surface area contributed by atoms with E-state index in [0.717, 1.165) is 10.9 Å². The molecule has 0 aliphatic carbocycles. The van der Waals surface area contributed by atoms with Crippen LogP contribution in [0.3, 0.4) is 0 Å². The molecule has 0 saturated heterocycles. The molecule has 1 amide bonds. The molecule has 2 aromatic heterocycles. The third-order valence-electron chi connectivity index (χ3n) is 5.57. The van der Waals surface area contributed by atoms with Gasteiger partial charge in [0.1, 0.15) is 22.9 Å². The number of ether oxygens (including phenoxy) is 1. The largest absolute Gasteiger partial charge is 0.496 e. The summed E-state index contributed by atoms with van der Waals surface area (Å²) in [4.78, 5) is 25.1. The predicted molar refractivity (Wildman–Crippen MR) is 146 cm³/mol. The van der Waals surface area contributed by atoms with Crippen LogP contribution in [-0.4, -0.2) is 13.0 Å². The first-order chi connectivity index (χ1) is 17.9. The molecule has 0 saturated carbocycles. The maximum absolute atomic E-state index is 12.6. The number of hydrogen-bond acceptors (Lipinski definition) is 5. The first kappa shape index (κ1) is 24.4. The van der Waals surface area contributed by atoms with Gasteiger partial charge in [-0.3, -0.25) is 4.79 Å². The van der Waals surface area contributed by atoms with Crippen LogP contribution in [0.15, 0.2) is 98.6 Å². The second-order valence-corrected chi connectivity index (χ2v) is 8.96. The van der Waals surface area contributed by atoms with Crippen LogP contribution in [0.25, 0.3) is 39.5 Å². The average molecular weight is 532 g/mol. The summed E-state index contributed by atoms with van der Waals surface area (Å²) in [5.74, 6) is 1.10. The molecule has 184 valence electrons. The number of halogens is 2. The summed E-state index contributed by atoms with van der Waals surface area (Å²) in [5, 5.41) is 4.57. The number of rotatable bonds is 6. The minimum absolute atomic E-state index is 0.364. The number of fused-ring (bicyclic) bond motifs is 1. The van der Waals surface area contributed by atoms with E-state index in [1.54, 1.807) is 72.8 Å². The van der Waals surface area contributed by atoms with Gasteiger partial charge in [0.15, 0.2) is 0 Å². The summed E-state index contributed by atoms with van der Waals surface area (Å²) in [6, 6.07) is 22.7. The molecule has 0 spiro atoms. The van der Waals surface area contributed by atoms with Gasteiger partial charge < -0.3 is 18.9 Å². The van der Waals surface area contributed by atoms with Gasteiger partial charge in [0.05, 0.1) is 12.7 Å². The number of para-hydroxylation sites is 1. The molecule has 5 rings (SSSR count). The molecule has 0 atom stereocenters. The highest BCUT2D eigenvalue weighted by Gasteiger charge is 2.14. The molecule has 5 aromatic rings. The van der Waals surface area contributed by atoms with E-state index in [-0.39, 0.29) is 5.91 Å². The zero-order chi connectivity index (χ0) is 25.9. The molecule has 1 N–H and O–H groups in total. The van der Waals surface area contributed by atoms with Crippen molar-refractivity contribution < 1.29 is 18.4 Å². The Bertz CT molecular complexity index is 1700. The normalized spacial score (nSPS) is 11.2. The van der Waals surface area contributed by atoms with E-state index in [4.69, 9.17) is 36.8 Å². The fourth-order valence-corrected chi connectivity index (χ4v) is 4.40. The van der Waals surface area contributed by atoms with Crippen LogP contribution < -0.4 is 15.7 Å². The van der Waals surface area contributed by atoms with Crippen molar-refractivity contribution >= 4 is 51.8 Å². The fourth-order valence-electron chi connectivity index (χ4n) is 3.88. The van der Waals surface area contributed by atoms with Gasteiger partial charge in [0, 0.05) is 44.4 Å². The van der Waals surface area contributed by atoms with E-state index in [1.165, 1.54) is 13.2 Å². The Hall–Kier alpha value is -4.26. The standard InChI is InChI=1S/C29H19Cl2NO5/c1-35-27-16-21(6-9-23(27)24-14-17-4-2-3-5-25(17)37-29(24)34)32-28(33)11-8-22-7-10-26(36-22)18-12-19(30)15-20(31)13-18/h2-16H,1H3,(H,32,33)/b11-8+. The van der Waals surface area contributed by atoms with E-state index >= 15 is 0 Å². The Balaban J connectivity index is 1.33. The summed E-state index contributed by atoms with van der Waals surface area (Å²) in [5.41, 5.74) is 2.17. The van der Waals surface area contributed by atoms with E-state index < -0.39 is 5.63 Å². The van der Waals surface area contributed by atoms with Crippen LogP contribution in [0.2, 0.25) is 10.0 Å². The molecule has 0 aliphatic heterocycles. The fraction of sp³-hybridized carbons (Fsp3) is 0.0345. The van der Waals surface area contributed by atoms with Crippen molar-refractivity contribution in [3.8, 4) is 28.2 Å². The third kappa shape index (κ3) is 5.45. The number of methoxy groups -OCH3 is 1. The van der Waals surface area contributed by atoms with Gasteiger partial charge in [-0.15, -0.1) is 0 Å². The molecular weight excluding hydrogens is 513 g/mol. The van der Waals surface area contributed by atoms with Crippen LogP contribution in [0, 0.1) is 0 Å². The molecule has 0 bridgehead atoms. The van der Waals surface area contributed by atoms with Crippen molar-refractivity contribution in [2.75, 3.05) is 12.4 Å². The summed E-state index contributed by atoms with van der Waals surface area (Å²) < 4.78 is 16.7. The molecule has 2 heterocycles. The van der Waals surface area contributed by atoms with Gasteiger partial charge in [-0.1, -0.05) is 41.4 Å². The van der Waals surface area contributed by atoms with Gasteiger partial charge in [-0.05, 0) is 60.7 Å². The van der Waals surface area contributed by atoms with Crippen molar-refractivity contribution in [2.45, 2.75) is 0 Å². The highest BCUT2D eigenvalue weighted by atomic mass is 35.5. The number of carbonyl (C=O) groups excluding carboxylic acids is 1. The average Bonchev–Trinajstić information content (AvgIpc) is 3.36. The second-order valence-electron chi connectivity index (χ2n) is 8.08. The number of benzene rings is 3. The van der Waals surface area contributed by atoms with Crippen LogP contribution in [0.5, 0.6) is 5.75 Å². The minimum atomic E-state index is -0.477. The first-order valence-corrected chi connectivity index (χ1v) is 11.9. The van der Waals surface area contributed by atoms with E-state index in [1.807, 2.05) is 12.1 Å². The SMILES string of the molecule is COc1cc(NC(=O)/C=C/c2ccc(-c3cc(Cl)cc(Cl)c3)o2)ccc1-c1cc2ccccc2oc1=O. The molecule has 0 aliphatic rings. The number of amides is 1. The zero-order valence-corrected chi connectivity index (χ0v) is 21.0. The summed E-state index contributed by atoms with van der Waals surface area (Å²) in [7, 11) is 1.49. The van der Waals surface area contributed by atoms with Gasteiger partial charge in [0.2, 0.25) is 5.91 Å². The van der Waals surface area contributed by atoms with E-state index in [9.17, 15) is 9.59 Å². The van der Waals surface area contributed by atoms with Crippen molar-refractivity contribution in [2.24, 2.45) is 0 Å². The number of nitrogens with one attached hydrogen (secondary N) is 1. The molecule has 37 heavy (non-hydrogen) atoms. The van der Waals surface area contributed by atoms with Crippen molar-refractivity contribution in [1.82, 2.24) is 0 Å². The Kier molecular flexibility index (Phi) is 6.86. The van der Waals surface area contributed by atoms with E-state index in [2.05, 4.69) is 5.32 Å². The molecule has 0 unspecified atom stereocenters. The van der Waals surface area contributed by atoms with E-state index in [0.29, 0.717) is 49.7 Å². The maximum Gasteiger partial charge on any atom is 0.344 e. The Morgan fingerprint density at radius 3 is 2.46 bits per heavy atom. The lowest BCUT2D eigenvalue weighted by molar-refractivity contribution is -0.111. The maximum atomic E-state index is 12.6. The smallest absolute Gasteiger partial charge is 0.344 e. The molecule has 8 heteroatoms. The van der Waals surface area contributed by atoms with Crippen LogP contribution >= 0.6 is 23.2 Å². The minimum Gasteiger partial charge on any atom is -0.496 e. The molecule has 6 nitrogen and oxygen atoms in total. The first-order valence-electron chi connectivity index (χ1n) is 11.2. The summed E-state index contributed by atoms with van der Waals surface area (Å²) in [6.45, 7) is 0. The number of furan rings is 1. The highest BCUT2D eigenvalue weighted by Crippen LogP contribution is 2.32. The van der Waals surface area contributed by atoms with Crippen molar-refractivity contribution in [3.05, 3.63) is 111 Å². The topological polar surface area (TPSA) is 81.7 Å². The monoisotopic (exact) mass is 531 g/mol. The van der Waals surface area contributed by atoms with Gasteiger partial charge in [-0.25, -0.2) is 4.79 Å². The molecule has 0 fully saturated rings. The lowest BCUT2D eigenvalue weighted by atomic mass is 10.0. The summed E-state index contributed by atoms with van der Waals surface area (Å²) >= 11 is 12.1. The van der Waals surface area contributed by atoms with Gasteiger partial charge in [0.25, 0.3) is 0 Å². The highest BCUT2D eigenvalue weighted by molar-refractivity contribution is 6.35. The summed E-state index contributed by atoms with van der Waals surface area (Å²) in [6.07, 6.45) is 2.91. The van der Waals surface area contributed by atoms with Crippen molar-refractivity contribution in [3.63, 3.8) is 0 Å². The van der Waals surface area contributed by atoms with Crippen LogP contribution in [0.4, 0.5) is 5.69 Å². The Labute approximate surface area is 221 Å². The Morgan fingerprint density at radius 2 is 1.68 bits per heavy atom. The van der Waals surface area contributed by atoms with Gasteiger partial charge >= 0.3 is 5.63 Å². The molecule has 3 aromatic carbocycles. The number of anilines is 1. The zero-order valence-electron chi connectivity index (χ0n) is 19.5. The van der Waals surface area contributed by atoms with Crippen LogP contribution in [-0.2, 0) is 4.79 Å². The number of hydrogen-bond donors (Lipinski definition) is 1. The van der Waals surface area contributed by atoms with Gasteiger partial charge in [-0.2, -0.15) is 0 Å². The predicted octanol–water partition coefficient (Wildman–Crippen LogP) is 7.69. The lowest BCUT2D eigenvalue weighted by Gasteiger charge is -2.11. The lowest BCUT2D eigenvalue weighted by Crippen LogP contribution is -2.08.